The first-order valence-corrected chi connectivity index (χ1v) is 7.36. The third-order valence-electron chi connectivity index (χ3n) is 3.26. The molecule has 0 radical (unpaired) electrons. The zero-order valence-electron chi connectivity index (χ0n) is 12.6. The average molecular weight is 272 g/mol. The Balaban J connectivity index is 1.88. The van der Waals surface area contributed by atoms with E-state index in [4.69, 9.17) is 4.74 Å². The first-order valence-electron chi connectivity index (χ1n) is 7.36. The largest absolute Gasteiger partial charge is 0.490 e. The molecule has 108 valence electrons. The highest BCUT2D eigenvalue weighted by atomic mass is 16.5. The van der Waals surface area contributed by atoms with Crippen molar-refractivity contribution in [1.82, 2.24) is 10.3 Å². The van der Waals surface area contributed by atoms with E-state index < -0.39 is 0 Å². The van der Waals surface area contributed by atoms with E-state index in [0.29, 0.717) is 6.61 Å². The van der Waals surface area contributed by atoms with E-state index in [1.165, 1.54) is 6.42 Å². The standard InChI is InChI=1S/C17H24N2O/c1-13(2)9-10-18-11-12-20-16-6-4-5-15-8-7-14(3)19-17(15)16/h4-8,13,18H,9-12H2,1-3H3. The second-order valence-corrected chi connectivity index (χ2v) is 5.56. The fourth-order valence-electron chi connectivity index (χ4n) is 2.08. The van der Waals surface area contributed by atoms with Gasteiger partial charge in [0.15, 0.2) is 0 Å². The lowest BCUT2D eigenvalue weighted by molar-refractivity contribution is 0.315. The summed E-state index contributed by atoms with van der Waals surface area (Å²) in [7, 11) is 0. The molecule has 0 bridgehead atoms. The van der Waals surface area contributed by atoms with E-state index in [1.807, 2.05) is 25.1 Å². The van der Waals surface area contributed by atoms with Crippen LogP contribution in [0.25, 0.3) is 10.9 Å². The smallest absolute Gasteiger partial charge is 0.145 e. The SMILES string of the molecule is Cc1ccc2cccc(OCCNCCC(C)C)c2n1. The number of hydrogen-bond acceptors (Lipinski definition) is 3. The van der Waals surface area contributed by atoms with Crippen LogP contribution in [0, 0.1) is 12.8 Å². The quantitative estimate of drug-likeness (QED) is 0.783. The summed E-state index contributed by atoms with van der Waals surface area (Å²) in [6, 6.07) is 10.2. The van der Waals surface area contributed by atoms with Gasteiger partial charge in [0.05, 0.1) is 0 Å². The lowest BCUT2D eigenvalue weighted by atomic mass is 10.1. The first-order chi connectivity index (χ1) is 9.66. The first kappa shape index (κ1) is 14.8. The van der Waals surface area contributed by atoms with Gasteiger partial charge in [-0.2, -0.15) is 0 Å². The van der Waals surface area contributed by atoms with E-state index in [0.717, 1.165) is 41.4 Å². The van der Waals surface area contributed by atoms with Crippen molar-refractivity contribution in [1.29, 1.82) is 0 Å². The predicted molar refractivity (Wildman–Crippen MR) is 84.3 cm³/mol. The number of nitrogens with zero attached hydrogens (tertiary/aromatic N) is 1. The number of hydrogen-bond donors (Lipinski definition) is 1. The van der Waals surface area contributed by atoms with Crippen LogP contribution in [0.5, 0.6) is 5.75 Å². The van der Waals surface area contributed by atoms with Crippen molar-refractivity contribution in [2.75, 3.05) is 19.7 Å². The van der Waals surface area contributed by atoms with Crippen molar-refractivity contribution >= 4 is 10.9 Å². The van der Waals surface area contributed by atoms with Crippen LogP contribution in [0.4, 0.5) is 0 Å². The van der Waals surface area contributed by atoms with Gasteiger partial charge in [0, 0.05) is 17.6 Å². The third-order valence-corrected chi connectivity index (χ3v) is 3.26. The normalized spacial score (nSPS) is 11.2. The molecule has 1 aromatic carbocycles. The summed E-state index contributed by atoms with van der Waals surface area (Å²) >= 11 is 0. The van der Waals surface area contributed by atoms with Crippen LogP contribution in [-0.2, 0) is 0 Å². The van der Waals surface area contributed by atoms with Crippen LogP contribution < -0.4 is 10.1 Å². The lowest BCUT2D eigenvalue weighted by Crippen LogP contribution is -2.23. The van der Waals surface area contributed by atoms with Gasteiger partial charge in [-0.25, -0.2) is 4.98 Å². The number of nitrogens with one attached hydrogen (secondary N) is 1. The molecular formula is C17H24N2O. The second kappa shape index (κ2) is 7.25. The van der Waals surface area contributed by atoms with Gasteiger partial charge in [0.1, 0.15) is 17.9 Å². The molecule has 0 spiro atoms. The molecule has 0 aliphatic heterocycles. The summed E-state index contributed by atoms with van der Waals surface area (Å²) in [6.45, 7) is 9.07. The minimum atomic E-state index is 0.673. The van der Waals surface area contributed by atoms with Crippen molar-refractivity contribution in [3.63, 3.8) is 0 Å². The average Bonchev–Trinajstić information content (AvgIpc) is 2.42. The Morgan fingerprint density at radius 3 is 2.80 bits per heavy atom. The van der Waals surface area contributed by atoms with Gasteiger partial charge in [-0.1, -0.05) is 32.0 Å². The number of benzene rings is 1. The summed E-state index contributed by atoms with van der Waals surface area (Å²) in [4.78, 5) is 4.57. The van der Waals surface area contributed by atoms with Gasteiger partial charge in [0.25, 0.3) is 0 Å². The van der Waals surface area contributed by atoms with Crippen LogP contribution in [0.3, 0.4) is 0 Å². The maximum absolute atomic E-state index is 5.86. The fraction of sp³-hybridized carbons (Fsp3) is 0.471. The number of aryl methyl sites for hydroxylation is 1. The Labute approximate surface area is 121 Å². The zero-order valence-corrected chi connectivity index (χ0v) is 12.6. The van der Waals surface area contributed by atoms with Crippen LogP contribution >= 0.6 is 0 Å². The van der Waals surface area contributed by atoms with Crippen molar-refractivity contribution in [3.8, 4) is 5.75 Å². The van der Waals surface area contributed by atoms with Gasteiger partial charge < -0.3 is 10.1 Å². The molecule has 0 fully saturated rings. The molecule has 1 heterocycles. The molecule has 0 amide bonds. The molecular weight excluding hydrogens is 248 g/mol. The third kappa shape index (κ3) is 4.20. The molecule has 1 aromatic heterocycles. The van der Waals surface area contributed by atoms with Crippen LogP contribution in [0.1, 0.15) is 26.0 Å². The molecule has 20 heavy (non-hydrogen) atoms. The van der Waals surface area contributed by atoms with E-state index in [1.54, 1.807) is 0 Å². The number of pyridine rings is 1. The van der Waals surface area contributed by atoms with Crippen molar-refractivity contribution in [2.24, 2.45) is 5.92 Å². The Hall–Kier alpha value is -1.61. The molecule has 3 heteroatoms. The Morgan fingerprint density at radius 1 is 1.15 bits per heavy atom. The Kier molecular flexibility index (Phi) is 5.36. The molecule has 0 unspecified atom stereocenters. The number of aromatic nitrogens is 1. The highest BCUT2D eigenvalue weighted by molar-refractivity contribution is 5.84. The molecule has 2 aromatic rings. The lowest BCUT2D eigenvalue weighted by Gasteiger charge is -2.10. The monoisotopic (exact) mass is 272 g/mol. The van der Waals surface area contributed by atoms with Crippen molar-refractivity contribution < 1.29 is 4.74 Å². The minimum absolute atomic E-state index is 0.673. The highest BCUT2D eigenvalue weighted by Crippen LogP contribution is 2.23. The maximum Gasteiger partial charge on any atom is 0.145 e. The fourth-order valence-corrected chi connectivity index (χ4v) is 2.08. The Bertz CT molecular complexity index is 552. The number of para-hydroxylation sites is 1. The predicted octanol–water partition coefficient (Wildman–Crippen LogP) is 3.56. The number of ether oxygens (including phenoxy) is 1. The number of fused-ring (bicyclic) bond motifs is 1. The van der Waals surface area contributed by atoms with Crippen LogP contribution in [0.15, 0.2) is 30.3 Å². The van der Waals surface area contributed by atoms with Gasteiger partial charge in [-0.05, 0) is 37.9 Å². The van der Waals surface area contributed by atoms with Crippen molar-refractivity contribution in [2.45, 2.75) is 27.2 Å². The Morgan fingerprint density at radius 2 is 2.00 bits per heavy atom. The number of rotatable bonds is 7. The second-order valence-electron chi connectivity index (χ2n) is 5.56. The molecule has 3 nitrogen and oxygen atoms in total. The minimum Gasteiger partial charge on any atom is -0.490 e. The highest BCUT2D eigenvalue weighted by Gasteiger charge is 2.03. The summed E-state index contributed by atoms with van der Waals surface area (Å²) < 4.78 is 5.86. The van der Waals surface area contributed by atoms with Crippen molar-refractivity contribution in [3.05, 3.63) is 36.0 Å². The topological polar surface area (TPSA) is 34.1 Å². The van der Waals surface area contributed by atoms with E-state index in [-0.39, 0.29) is 0 Å². The molecule has 2 rings (SSSR count). The molecule has 0 aliphatic carbocycles. The summed E-state index contributed by atoms with van der Waals surface area (Å²) in [5.41, 5.74) is 1.97. The molecule has 0 saturated heterocycles. The van der Waals surface area contributed by atoms with Gasteiger partial charge in [-0.3, -0.25) is 0 Å². The van der Waals surface area contributed by atoms with E-state index in [2.05, 4.69) is 36.3 Å². The van der Waals surface area contributed by atoms with Gasteiger partial charge in [-0.15, -0.1) is 0 Å². The molecule has 0 saturated carbocycles. The summed E-state index contributed by atoms with van der Waals surface area (Å²) in [5, 5.41) is 4.53. The zero-order chi connectivity index (χ0) is 14.4. The summed E-state index contributed by atoms with van der Waals surface area (Å²) in [5.74, 6) is 1.62. The summed E-state index contributed by atoms with van der Waals surface area (Å²) in [6.07, 6.45) is 1.20. The van der Waals surface area contributed by atoms with Crippen LogP contribution in [0.2, 0.25) is 0 Å². The van der Waals surface area contributed by atoms with Crippen LogP contribution in [-0.4, -0.2) is 24.7 Å². The van der Waals surface area contributed by atoms with E-state index >= 15 is 0 Å². The van der Waals surface area contributed by atoms with Gasteiger partial charge in [0.2, 0.25) is 0 Å². The molecule has 1 N–H and O–H groups in total. The van der Waals surface area contributed by atoms with Gasteiger partial charge >= 0.3 is 0 Å². The maximum atomic E-state index is 5.86. The molecule has 0 aliphatic rings. The molecule has 0 atom stereocenters. The van der Waals surface area contributed by atoms with E-state index in [9.17, 15) is 0 Å².